The number of hydrogen-bond acceptors (Lipinski definition) is 3. The third kappa shape index (κ3) is 3.90. The van der Waals surface area contributed by atoms with E-state index in [2.05, 4.69) is 10.6 Å². The van der Waals surface area contributed by atoms with Gasteiger partial charge in [-0.3, -0.25) is 4.79 Å². The van der Waals surface area contributed by atoms with Crippen LogP contribution in [0.4, 0.5) is 11.4 Å². The lowest BCUT2D eigenvalue weighted by molar-refractivity contribution is -0.114. The lowest BCUT2D eigenvalue weighted by Gasteiger charge is -2.10. The summed E-state index contributed by atoms with van der Waals surface area (Å²) in [5.74, 6) is -0.0535. The Morgan fingerprint density at radius 1 is 1.44 bits per heavy atom. The normalized spacial score (nSPS) is 9.94. The molecule has 1 aromatic carbocycles. The summed E-state index contributed by atoms with van der Waals surface area (Å²) in [5.41, 5.74) is 8.33. The van der Waals surface area contributed by atoms with Crippen LogP contribution in [0.3, 0.4) is 0 Å². The highest BCUT2D eigenvalue weighted by Gasteiger charge is 2.01. The van der Waals surface area contributed by atoms with Crippen LogP contribution in [0, 0.1) is 6.92 Å². The zero-order valence-corrected chi connectivity index (χ0v) is 9.84. The standard InChI is InChI=1S/C12H19N3O/c1-9-4-5-11(14-7-3-6-13)8-12(9)15-10(2)16/h4-5,8,14H,3,6-7,13H2,1-2H3,(H,15,16). The molecule has 16 heavy (non-hydrogen) atoms. The number of benzene rings is 1. The molecule has 0 bridgehead atoms. The smallest absolute Gasteiger partial charge is 0.221 e. The van der Waals surface area contributed by atoms with Gasteiger partial charge in [-0.15, -0.1) is 0 Å². The maximum Gasteiger partial charge on any atom is 0.221 e. The highest BCUT2D eigenvalue weighted by atomic mass is 16.1. The summed E-state index contributed by atoms with van der Waals surface area (Å²) in [7, 11) is 0. The third-order valence-corrected chi connectivity index (χ3v) is 2.26. The molecule has 0 aliphatic carbocycles. The van der Waals surface area contributed by atoms with Gasteiger partial charge in [-0.05, 0) is 37.6 Å². The van der Waals surface area contributed by atoms with E-state index in [9.17, 15) is 4.79 Å². The molecular formula is C12H19N3O. The van der Waals surface area contributed by atoms with Crippen LogP contribution >= 0.6 is 0 Å². The SMILES string of the molecule is CC(=O)Nc1cc(NCCCN)ccc1C. The van der Waals surface area contributed by atoms with Crippen molar-refractivity contribution in [3.63, 3.8) is 0 Å². The van der Waals surface area contributed by atoms with Gasteiger partial charge in [0.1, 0.15) is 0 Å². The monoisotopic (exact) mass is 221 g/mol. The first-order valence-electron chi connectivity index (χ1n) is 5.45. The maximum absolute atomic E-state index is 11.0. The number of rotatable bonds is 5. The summed E-state index contributed by atoms with van der Waals surface area (Å²) < 4.78 is 0. The van der Waals surface area contributed by atoms with Crippen molar-refractivity contribution < 1.29 is 4.79 Å². The van der Waals surface area contributed by atoms with E-state index in [1.54, 1.807) is 0 Å². The Bertz CT molecular complexity index is 363. The van der Waals surface area contributed by atoms with Gasteiger partial charge in [0.25, 0.3) is 0 Å². The average Bonchev–Trinajstić information content (AvgIpc) is 2.22. The Labute approximate surface area is 96.2 Å². The Kier molecular flexibility index (Phi) is 4.79. The van der Waals surface area contributed by atoms with Gasteiger partial charge in [0, 0.05) is 24.8 Å². The fraction of sp³-hybridized carbons (Fsp3) is 0.417. The summed E-state index contributed by atoms with van der Waals surface area (Å²) in [5, 5.41) is 6.06. The van der Waals surface area contributed by atoms with Gasteiger partial charge in [-0.2, -0.15) is 0 Å². The van der Waals surface area contributed by atoms with Gasteiger partial charge < -0.3 is 16.4 Å². The highest BCUT2D eigenvalue weighted by Crippen LogP contribution is 2.20. The van der Waals surface area contributed by atoms with Crippen LogP contribution in [-0.2, 0) is 4.79 Å². The Morgan fingerprint density at radius 2 is 2.19 bits per heavy atom. The average molecular weight is 221 g/mol. The van der Waals surface area contributed by atoms with Crippen molar-refractivity contribution in [1.29, 1.82) is 0 Å². The van der Waals surface area contributed by atoms with Gasteiger partial charge >= 0.3 is 0 Å². The van der Waals surface area contributed by atoms with Gasteiger partial charge in [0.2, 0.25) is 5.91 Å². The number of aryl methyl sites for hydroxylation is 1. The van der Waals surface area contributed by atoms with Crippen LogP contribution in [0.15, 0.2) is 18.2 Å². The van der Waals surface area contributed by atoms with E-state index in [1.807, 2.05) is 25.1 Å². The van der Waals surface area contributed by atoms with E-state index in [1.165, 1.54) is 6.92 Å². The van der Waals surface area contributed by atoms with Crippen LogP contribution in [0.25, 0.3) is 0 Å². The number of anilines is 2. The van der Waals surface area contributed by atoms with Gasteiger partial charge in [0.05, 0.1) is 0 Å². The minimum atomic E-state index is -0.0535. The second-order valence-corrected chi connectivity index (χ2v) is 3.78. The number of hydrogen-bond donors (Lipinski definition) is 3. The van der Waals surface area contributed by atoms with Crippen molar-refractivity contribution in [2.24, 2.45) is 5.73 Å². The first-order valence-corrected chi connectivity index (χ1v) is 5.45. The minimum Gasteiger partial charge on any atom is -0.385 e. The summed E-state index contributed by atoms with van der Waals surface area (Å²) in [6, 6.07) is 5.92. The molecule has 0 atom stereocenters. The Morgan fingerprint density at radius 3 is 2.81 bits per heavy atom. The molecule has 1 amide bonds. The Balaban J connectivity index is 2.69. The quantitative estimate of drug-likeness (QED) is 0.663. The first kappa shape index (κ1) is 12.5. The van der Waals surface area contributed by atoms with Crippen LogP contribution in [0.1, 0.15) is 18.9 Å². The molecule has 0 unspecified atom stereocenters. The van der Waals surface area contributed by atoms with E-state index in [-0.39, 0.29) is 5.91 Å². The summed E-state index contributed by atoms with van der Waals surface area (Å²) in [6.45, 7) is 5.00. The lowest BCUT2D eigenvalue weighted by atomic mass is 10.1. The molecular weight excluding hydrogens is 202 g/mol. The Hall–Kier alpha value is -1.55. The van der Waals surface area contributed by atoms with Crippen LogP contribution in [-0.4, -0.2) is 19.0 Å². The molecule has 0 saturated carbocycles. The van der Waals surface area contributed by atoms with Crippen molar-refractivity contribution in [2.75, 3.05) is 23.7 Å². The van der Waals surface area contributed by atoms with Gasteiger partial charge in [-0.1, -0.05) is 6.07 Å². The summed E-state index contributed by atoms with van der Waals surface area (Å²) in [4.78, 5) is 11.0. The lowest BCUT2D eigenvalue weighted by Crippen LogP contribution is -2.10. The molecule has 0 saturated heterocycles. The zero-order valence-electron chi connectivity index (χ0n) is 9.84. The van der Waals surface area contributed by atoms with Gasteiger partial charge in [-0.25, -0.2) is 0 Å². The molecule has 1 rings (SSSR count). The van der Waals surface area contributed by atoms with Gasteiger partial charge in [0.15, 0.2) is 0 Å². The van der Waals surface area contributed by atoms with Crippen molar-refractivity contribution in [1.82, 2.24) is 0 Å². The second-order valence-electron chi connectivity index (χ2n) is 3.78. The molecule has 1 aromatic rings. The van der Waals surface area contributed by atoms with Crippen LogP contribution in [0.5, 0.6) is 0 Å². The predicted molar refractivity (Wildman–Crippen MR) is 67.6 cm³/mol. The van der Waals surface area contributed by atoms with Crippen molar-refractivity contribution in [3.8, 4) is 0 Å². The molecule has 0 aliphatic heterocycles. The maximum atomic E-state index is 11.0. The number of carbonyl (C=O) groups excluding carboxylic acids is 1. The van der Waals surface area contributed by atoms with E-state index < -0.39 is 0 Å². The highest BCUT2D eigenvalue weighted by molar-refractivity contribution is 5.90. The van der Waals surface area contributed by atoms with Crippen molar-refractivity contribution in [2.45, 2.75) is 20.3 Å². The molecule has 88 valence electrons. The number of nitrogens with two attached hydrogens (primary N) is 1. The summed E-state index contributed by atoms with van der Waals surface area (Å²) >= 11 is 0. The molecule has 0 fully saturated rings. The summed E-state index contributed by atoms with van der Waals surface area (Å²) in [6.07, 6.45) is 0.934. The van der Waals surface area contributed by atoms with Crippen LogP contribution < -0.4 is 16.4 Å². The van der Waals surface area contributed by atoms with E-state index >= 15 is 0 Å². The molecule has 4 nitrogen and oxygen atoms in total. The van der Waals surface area contributed by atoms with E-state index in [4.69, 9.17) is 5.73 Å². The fourth-order valence-corrected chi connectivity index (χ4v) is 1.39. The largest absolute Gasteiger partial charge is 0.385 e. The fourth-order valence-electron chi connectivity index (χ4n) is 1.39. The molecule has 0 aromatic heterocycles. The molecule has 0 spiro atoms. The second kappa shape index (κ2) is 6.12. The number of carbonyl (C=O) groups is 1. The number of amides is 1. The molecule has 0 heterocycles. The minimum absolute atomic E-state index is 0.0535. The zero-order chi connectivity index (χ0) is 12.0. The van der Waals surface area contributed by atoms with Crippen molar-refractivity contribution in [3.05, 3.63) is 23.8 Å². The third-order valence-electron chi connectivity index (χ3n) is 2.26. The van der Waals surface area contributed by atoms with Crippen LogP contribution in [0.2, 0.25) is 0 Å². The van der Waals surface area contributed by atoms with Crippen molar-refractivity contribution >= 4 is 17.3 Å². The molecule has 0 aliphatic rings. The first-order chi connectivity index (χ1) is 7.63. The van der Waals surface area contributed by atoms with E-state index in [0.29, 0.717) is 6.54 Å². The number of nitrogens with one attached hydrogen (secondary N) is 2. The molecule has 4 N–H and O–H groups in total. The predicted octanol–water partition coefficient (Wildman–Crippen LogP) is 1.71. The molecule has 0 radical (unpaired) electrons. The molecule has 4 heteroatoms. The van der Waals surface area contributed by atoms with E-state index in [0.717, 1.165) is 29.9 Å². The topological polar surface area (TPSA) is 67.2 Å².